The molecule has 0 aromatic heterocycles. The van der Waals surface area contributed by atoms with Gasteiger partial charge in [0.15, 0.2) is 0 Å². The van der Waals surface area contributed by atoms with Crippen LogP contribution in [0.4, 0.5) is 0 Å². The summed E-state index contributed by atoms with van der Waals surface area (Å²) in [5.41, 5.74) is 0.305. The first kappa shape index (κ1) is 20.1. The van der Waals surface area contributed by atoms with Crippen molar-refractivity contribution >= 4 is 15.9 Å². The van der Waals surface area contributed by atoms with Gasteiger partial charge < -0.3 is 14.5 Å². The Balaban J connectivity index is 1.66. The SMILES string of the molecule is COc1ccc(S(=O)(=O)NCCCN2CCCC2)cc1C(=O)N1CCCC1. The Morgan fingerprint density at radius 1 is 1.11 bits per heavy atom. The molecular formula is C19H29N3O4S. The number of rotatable bonds is 8. The largest absolute Gasteiger partial charge is 0.496 e. The number of carbonyl (C=O) groups excluding carboxylic acids is 1. The third kappa shape index (κ3) is 5.00. The highest BCUT2D eigenvalue weighted by atomic mass is 32.2. The quantitative estimate of drug-likeness (QED) is 0.678. The van der Waals surface area contributed by atoms with E-state index in [9.17, 15) is 13.2 Å². The van der Waals surface area contributed by atoms with Crippen LogP contribution in [0.1, 0.15) is 42.5 Å². The number of hydrogen-bond donors (Lipinski definition) is 1. The lowest BCUT2D eigenvalue weighted by atomic mass is 10.1. The van der Waals surface area contributed by atoms with Gasteiger partial charge in [0.2, 0.25) is 10.0 Å². The van der Waals surface area contributed by atoms with Crippen LogP contribution >= 0.6 is 0 Å². The number of hydrogen-bond acceptors (Lipinski definition) is 5. The molecule has 1 N–H and O–H groups in total. The zero-order valence-electron chi connectivity index (χ0n) is 15.9. The lowest BCUT2D eigenvalue weighted by molar-refractivity contribution is 0.0789. The Hall–Kier alpha value is -1.64. The van der Waals surface area contributed by atoms with E-state index in [1.807, 2.05) is 0 Å². The van der Waals surface area contributed by atoms with Gasteiger partial charge in [0.1, 0.15) is 5.75 Å². The molecule has 8 heteroatoms. The molecule has 2 saturated heterocycles. The Bertz CT molecular complexity index is 754. The summed E-state index contributed by atoms with van der Waals surface area (Å²) in [4.78, 5) is 16.9. The predicted octanol–water partition coefficient (Wildman–Crippen LogP) is 1.70. The Labute approximate surface area is 161 Å². The zero-order valence-corrected chi connectivity index (χ0v) is 16.8. The van der Waals surface area contributed by atoms with Gasteiger partial charge in [0.05, 0.1) is 17.6 Å². The highest BCUT2D eigenvalue weighted by Gasteiger charge is 2.25. The van der Waals surface area contributed by atoms with E-state index in [1.165, 1.54) is 32.1 Å². The van der Waals surface area contributed by atoms with Gasteiger partial charge >= 0.3 is 0 Å². The minimum Gasteiger partial charge on any atom is -0.496 e. The fourth-order valence-corrected chi connectivity index (χ4v) is 4.81. The molecule has 0 radical (unpaired) electrons. The maximum absolute atomic E-state index is 12.7. The van der Waals surface area contributed by atoms with Crippen LogP contribution in [-0.2, 0) is 10.0 Å². The first-order valence-corrected chi connectivity index (χ1v) is 11.2. The average Bonchev–Trinajstić information content (AvgIpc) is 3.38. The second kappa shape index (κ2) is 9.03. The maximum atomic E-state index is 12.7. The van der Waals surface area contributed by atoms with Crippen LogP contribution in [0.3, 0.4) is 0 Å². The summed E-state index contributed by atoms with van der Waals surface area (Å²) < 4.78 is 33.2. The van der Waals surface area contributed by atoms with Crippen LogP contribution in [0.5, 0.6) is 5.75 Å². The summed E-state index contributed by atoms with van der Waals surface area (Å²) in [6.45, 7) is 4.91. The van der Waals surface area contributed by atoms with Crippen molar-refractivity contribution in [2.75, 3.05) is 46.4 Å². The van der Waals surface area contributed by atoms with Gasteiger partial charge in [-0.2, -0.15) is 0 Å². The molecule has 1 aromatic rings. The van der Waals surface area contributed by atoms with Gasteiger partial charge in [-0.25, -0.2) is 13.1 Å². The van der Waals surface area contributed by atoms with Gasteiger partial charge in [-0.15, -0.1) is 0 Å². The Morgan fingerprint density at radius 3 is 2.44 bits per heavy atom. The van der Waals surface area contributed by atoms with Crippen molar-refractivity contribution in [3.05, 3.63) is 23.8 Å². The van der Waals surface area contributed by atoms with Crippen LogP contribution < -0.4 is 9.46 Å². The molecule has 0 unspecified atom stereocenters. The van der Waals surface area contributed by atoms with Crippen molar-refractivity contribution < 1.29 is 17.9 Å². The predicted molar refractivity (Wildman–Crippen MR) is 104 cm³/mol. The van der Waals surface area contributed by atoms with E-state index in [2.05, 4.69) is 9.62 Å². The summed E-state index contributed by atoms with van der Waals surface area (Å²) in [7, 11) is -2.17. The van der Waals surface area contributed by atoms with Crippen LogP contribution in [0.15, 0.2) is 23.1 Å². The van der Waals surface area contributed by atoms with E-state index >= 15 is 0 Å². The number of amides is 1. The molecule has 0 spiro atoms. The fraction of sp³-hybridized carbons (Fsp3) is 0.632. The molecule has 0 aliphatic carbocycles. The van der Waals surface area contributed by atoms with Crippen molar-refractivity contribution in [2.45, 2.75) is 37.0 Å². The molecule has 2 heterocycles. The first-order chi connectivity index (χ1) is 13.0. The second-order valence-electron chi connectivity index (χ2n) is 7.16. The van der Waals surface area contributed by atoms with Crippen LogP contribution in [-0.4, -0.2) is 70.5 Å². The number of methoxy groups -OCH3 is 1. The van der Waals surface area contributed by atoms with Crippen molar-refractivity contribution in [3.8, 4) is 5.75 Å². The third-order valence-corrected chi connectivity index (χ3v) is 6.71. The molecule has 7 nitrogen and oxygen atoms in total. The molecule has 0 bridgehead atoms. The van der Waals surface area contributed by atoms with Crippen LogP contribution in [0.25, 0.3) is 0 Å². The number of likely N-dealkylation sites (tertiary alicyclic amines) is 2. The molecule has 2 fully saturated rings. The topological polar surface area (TPSA) is 79.0 Å². The Kier molecular flexibility index (Phi) is 6.73. The van der Waals surface area contributed by atoms with Crippen molar-refractivity contribution in [1.82, 2.24) is 14.5 Å². The summed E-state index contributed by atoms with van der Waals surface area (Å²) >= 11 is 0. The number of sulfonamides is 1. The molecule has 27 heavy (non-hydrogen) atoms. The lowest BCUT2D eigenvalue weighted by Gasteiger charge is -2.18. The van der Waals surface area contributed by atoms with E-state index in [-0.39, 0.29) is 10.8 Å². The number of benzene rings is 1. The normalized spacial score (nSPS) is 18.2. The minimum absolute atomic E-state index is 0.104. The van der Waals surface area contributed by atoms with E-state index < -0.39 is 10.0 Å². The molecule has 2 aliphatic rings. The van der Waals surface area contributed by atoms with Crippen molar-refractivity contribution in [2.24, 2.45) is 0 Å². The maximum Gasteiger partial charge on any atom is 0.257 e. The van der Waals surface area contributed by atoms with Gasteiger partial charge in [0.25, 0.3) is 5.91 Å². The lowest BCUT2D eigenvalue weighted by Crippen LogP contribution is -2.30. The minimum atomic E-state index is -3.66. The highest BCUT2D eigenvalue weighted by Crippen LogP contribution is 2.25. The average molecular weight is 396 g/mol. The number of nitrogens with one attached hydrogen (secondary N) is 1. The van der Waals surface area contributed by atoms with E-state index in [1.54, 1.807) is 11.0 Å². The highest BCUT2D eigenvalue weighted by molar-refractivity contribution is 7.89. The summed E-state index contributed by atoms with van der Waals surface area (Å²) in [5.74, 6) is 0.232. The van der Waals surface area contributed by atoms with Gasteiger partial charge in [-0.05, 0) is 69.9 Å². The summed E-state index contributed by atoms with van der Waals surface area (Å²) in [5, 5.41) is 0. The first-order valence-electron chi connectivity index (χ1n) is 9.70. The number of nitrogens with zero attached hydrogens (tertiary/aromatic N) is 2. The molecule has 0 atom stereocenters. The second-order valence-corrected chi connectivity index (χ2v) is 8.93. The molecule has 3 rings (SSSR count). The molecule has 0 saturated carbocycles. The summed E-state index contributed by atoms with van der Waals surface area (Å²) in [6, 6.07) is 4.48. The van der Waals surface area contributed by atoms with Crippen LogP contribution in [0, 0.1) is 0 Å². The van der Waals surface area contributed by atoms with E-state index in [0.29, 0.717) is 30.9 Å². The van der Waals surface area contributed by atoms with E-state index in [0.717, 1.165) is 38.9 Å². The van der Waals surface area contributed by atoms with Gasteiger partial charge in [-0.1, -0.05) is 0 Å². The monoisotopic (exact) mass is 395 g/mol. The van der Waals surface area contributed by atoms with Crippen molar-refractivity contribution in [3.63, 3.8) is 0 Å². The standard InChI is InChI=1S/C19H29N3O4S/c1-26-18-8-7-16(15-17(18)19(23)22-13-4-5-14-22)27(24,25)20-9-6-12-21-10-2-3-11-21/h7-8,15,20H,2-6,9-14H2,1H3. The molecule has 1 amide bonds. The van der Waals surface area contributed by atoms with E-state index in [4.69, 9.17) is 4.74 Å². The molecule has 1 aromatic carbocycles. The smallest absolute Gasteiger partial charge is 0.257 e. The van der Waals surface area contributed by atoms with Crippen molar-refractivity contribution in [1.29, 1.82) is 0 Å². The fourth-order valence-electron chi connectivity index (χ4n) is 3.71. The zero-order chi connectivity index (χ0) is 19.3. The number of carbonyl (C=O) groups is 1. The summed E-state index contributed by atoms with van der Waals surface area (Å²) in [6.07, 6.45) is 5.18. The molecule has 2 aliphatic heterocycles. The van der Waals surface area contributed by atoms with Gasteiger partial charge in [0, 0.05) is 19.6 Å². The molecular weight excluding hydrogens is 366 g/mol. The number of ether oxygens (including phenoxy) is 1. The Morgan fingerprint density at radius 2 is 1.78 bits per heavy atom. The van der Waals surface area contributed by atoms with Gasteiger partial charge in [-0.3, -0.25) is 4.79 Å². The molecule has 150 valence electrons. The third-order valence-electron chi connectivity index (χ3n) is 5.25. The van der Waals surface area contributed by atoms with Crippen LogP contribution in [0.2, 0.25) is 0 Å².